The molecule has 0 saturated heterocycles. The Kier molecular flexibility index (Phi) is 3.39. The highest BCUT2D eigenvalue weighted by atomic mass is 35.5. The van der Waals surface area contributed by atoms with Crippen molar-refractivity contribution in [2.24, 2.45) is 0 Å². The fraction of sp³-hybridized carbons (Fsp3) is 0.0667. The monoisotopic (exact) mass is 284 g/mol. The van der Waals surface area contributed by atoms with Crippen LogP contribution in [0, 0.1) is 0 Å². The van der Waals surface area contributed by atoms with Gasteiger partial charge in [-0.25, -0.2) is 4.98 Å². The first-order valence-electron chi connectivity index (χ1n) is 6.22. The van der Waals surface area contributed by atoms with E-state index >= 15 is 0 Å². The third-order valence-corrected chi connectivity index (χ3v) is 3.24. The predicted molar refractivity (Wildman–Crippen MR) is 80.5 cm³/mol. The molecule has 0 unspecified atom stereocenters. The molecule has 2 aromatic carbocycles. The van der Waals surface area contributed by atoms with Crippen LogP contribution in [0.3, 0.4) is 0 Å². The standard InChI is InChI=1S/C15H13ClN4/c16-12-5-3-11(4-6-12)15-18-14(19-20-15)9-10-1-7-13(17)8-2-10/h1-8H,9,17H2,(H,18,19,20). The van der Waals surface area contributed by atoms with E-state index in [2.05, 4.69) is 15.2 Å². The quantitative estimate of drug-likeness (QED) is 0.725. The van der Waals surface area contributed by atoms with Crippen molar-refractivity contribution in [2.75, 3.05) is 5.73 Å². The molecule has 5 heteroatoms. The van der Waals surface area contributed by atoms with E-state index in [1.54, 1.807) is 0 Å². The number of hydrogen-bond donors (Lipinski definition) is 2. The highest BCUT2D eigenvalue weighted by Gasteiger charge is 2.06. The minimum Gasteiger partial charge on any atom is -0.399 e. The van der Waals surface area contributed by atoms with Crippen LogP contribution in [-0.4, -0.2) is 15.2 Å². The minimum atomic E-state index is 0.673. The lowest BCUT2D eigenvalue weighted by molar-refractivity contribution is 0.973. The van der Waals surface area contributed by atoms with Crippen molar-refractivity contribution in [2.45, 2.75) is 6.42 Å². The van der Waals surface area contributed by atoms with E-state index < -0.39 is 0 Å². The first-order valence-corrected chi connectivity index (χ1v) is 6.60. The summed E-state index contributed by atoms with van der Waals surface area (Å²) in [6, 6.07) is 15.2. The first-order chi connectivity index (χ1) is 9.70. The second-order valence-corrected chi connectivity index (χ2v) is 4.97. The molecule has 1 heterocycles. The topological polar surface area (TPSA) is 67.6 Å². The van der Waals surface area contributed by atoms with E-state index in [0.29, 0.717) is 17.3 Å². The average molecular weight is 285 g/mol. The molecule has 0 spiro atoms. The second kappa shape index (κ2) is 5.35. The van der Waals surface area contributed by atoms with Gasteiger partial charge in [-0.1, -0.05) is 23.7 Å². The fourth-order valence-electron chi connectivity index (χ4n) is 1.93. The summed E-state index contributed by atoms with van der Waals surface area (Å²) in [6.45, 7) is 0. The Bertz CT molecular complexity index is 701. The van der Waals surface area contributed by atoms with E-state index in [1.165, 1.54) is 0 Å². The lowest BCUT2D eigenvalue weighted by atomic mass is 10.1. The Hall–Kier alpha value is -2.33. The number of halogens is 1. The van der Waals surface area contributed by atoms with Gasteiger partial charge in [0.05, 0.1) is 0 Å². The number of nitrogens with two attached hydrogens (primary N) is 1. The maximum atomic E-state index is 5.87. The van der Waals surface area contributed by atoms with Crippen LogP contribution in [-0.2, 0) is 6.42 Å². The van der Waals surface area contributed by atoms with Crippen LogP contribution in [0.1, 0.15) is 11.4 Å². The van der Waals surface area contributed by atoms with E-state index in [0.717, 1.165) is 22.6 Å². The van der Waals surface area contributed by atoms with Crippen molar-refractivity contribution >= 4 is 17.3 Å². The largest absolute Gasteiger partial charge is 0.399 e. The highest BCUT2D eigenvalue weighted by molar-refractivity contribution is 6.30. The number of nitrogen functional groups attached to an aromatic ring is 1. The van der Waals surface area contributed by atoms with Crippen LogP contribution in [0.5, 0.6) is 0 Å². The van der Waals surface area contributed by atoms with E-state index in [1.807, 2.05) is 48.5 Å². The molecular formula is C15H13ClN4. The number of nitrogens with zero attached hydrogens (tertiary/aromatic N) is 2. The van der Waals surface area contributed by atoms with Crippen LogP contribution >= 0.6 is 11.6 Å². The molecule has 0 aliphatic heterocycles. The summed E-state index contributed by atoms with van der Waals surface area (Å²) < 4.78 is 0. The van der Waals surface area contributed by atoms with Crippen LogP contribution in [0.25, 0.3) is 11.4 Å². The molecule has 0 saturated carbocycles. The fourth-order valence-corrected chi connectivity index (χ4v) is 2.06. The predicted octanol–water partition coefficient (Wildman–Crippen LogP) is 3.30. The summed E-state index contributed by atoms with van der Waals surface area (Å²) in [6.07, 6.45) is 0.695. The molecule has 0 amide bonds. The molecule has 1 aromatic heterocycles. The summed E-state index contributed by atoms with van der Waals surface area (Å²) in [4.78, 5) is 4.49. The summed E-state index contributed by atoms with van der Waals surface area (Å²) in [7, 11) is 0. The molecule has 4 nitrogen and oxygen atoms in total. The van der Waals surface area contributed by atoms with Crippen LogP contribution in [0.2, 0.25) is 5.02 Å². The van der Waals surface area contributed by atoms with Crippen LogP contribution in [0.15, 0.2) is 48.5 Å². The Balaban J connectivity index is 1.80. The Morgan fingerprint density at radius 1 is 1.00 bits per heavy atom. The van der Waals surface area contributed by atoms with Gasteiger partial charge in [0.25, 0.3) is 0 Å². The number of aromatic amines is 1. The normalized spacial score (nSPS) is 10.7. The van der Waals surface area contributed by atoms with Crippen molar-refractivity contribution in [3.05, 3.63) is 64.9 Å². The minimum absolute atomic E-state index is 0.673. The lowest BCUT2D eigenvalue weighted by Gasteiger charge is -1.98. The van der Waals surface area contributed by atoms with E-state index in [9.17, 15) is 0 Å². The van der Waals surface area contributed by atoms with Gasteiger partial charge >= 0.3 is 0 Å². The molecule has 100 valence electrons. The SMILES string of the molecule is Nc1ccc(Cc2nc(-c3ccc(Cl)cc3)n[nH]2)cc1. The Morgan fingerprint density at radius 3 is 2.40 bits per heavy atom. The van der Waals surface area contributed by atoms with Gasteiger partial charge in [-0.3, -0.25) is 5.10 Å². The van der Waals surface area contributed by atoms with Crippen molar-refractivity contribution in [1.29, 1.82) is 0 Å². The van der Waals surface area contributed by atoms with Crippen LogP contribution in [0.4, 0.5) is 5.69 Å². The zero-order chi connectivity index (χ0) is 13.9. The molecule has 0 bridgehead atoms. The number of nitrogens with one attached hydrogen (secondary N) is 1. The maximum Gasteiger partial charge on any atom is 0.181 e. The Morgan fingerprint density at radius 2 is 1.70 bits per heavy atom. The Labute approximate surface area is 121 Å². The molecule has 0 aliphatic carbocycles. The second-order valence-electron chi connectivity index (χ2n) is 4.53. The van der Waals surface area contributed by atoms with Crippen molar-refractivity contribution in [3.8, 4) is 11.4 Å². The van der Waals surface area contributed by atoms with Gasteiger partial charge in [-0.2, -0.15) is 5.10 Å². The average Bonchev–Trinajstić information content (AvgIpc) is 2.91. The van der Waals surface area contributed by atoms with Gasteiger partial charge < -0.3 is 5.73 Å². The van der Waals surface area contributed by atoms with Crippen molar-refractivity contribution in [3.63, 3.8) is 0 Å². The van der Waals surface area contributed by atoms with E-state index in [4.69, 9.17) is 17.3 Å². The van der Waals surface area contributed by atoms with Crippen LogP contribution < -0.4 is 5.73 Å². The number of anilines is 1. The van der Waals surface area contributed by atoms with Gasteiger partial charge in [0.15, 0.2) is 5.82 Å². The molecule has 20 heavy (non-hydrogen) atoms. The summed E-state index contributed by atoms with van der Waals surface area (Å²) in [5.74, 6) is 1.49. The third kappa shape index (κ3) is 2.81. The molecule has 3 N–H and O–H groups in total. The molecule has 0 atom stereocenters. The number of hydrogen-bond acceptors (Lipinski definition) is 3. The molecule has 3 rings (SSSR count). The summed E-state index contributed by atoms with van der Waals surface area (Å²) >= 11 is 5.87. The van der Waals surface area contributed by atoms with Gasteiger partial charge in [0, 0.05) is 22.7 Å². The molecule has 0 aliphatic rings. The van der Waals surface area contributed by atoms with E-state index in [-0.39, 0.29) is 0 Å². The number of H-pyrrole nitrogens is 1. The van der Waals surface area contributed by atoms with Gasteiger partial charge in [-0.15, -0.1) is 0 Å². The van der Waals surface area contributed by atoms with Gasteiger partial charge in [0.1, 0.15) is 5.82 Å². The highest BCUT2D eigenvalue weighted by Crippen LogP contribution is 2.18. The summed E-state index contributed by atoms with van der Waals surface area (Å²) in [5.41, 5.74) is 8.50. The first kappa shape index (κ1) is 12.7. The third-order valence-electron chi connectivity index (χ3n) is 2.99. The lowest BCUT2D eigenvalue weighted by Crippen LogP contribution is -1.92. The molecule has 0 radical (unpaired) electrons. The molecule has 0 fully saturated rings. The number of benzene rings is 2. The molecular weight excluding hydrogens is 272 g/mol. The summed E-state index contributed by atoms with van der Waals surface area (Å²) in [5, 5.41) is 7.88. The van der Waals surface area contributed by atoms with Gasteiger partial charge in [0.2, 0.25) is 0 Å². The zero-order valence-electron chi connectivity index (χ0n) is 10.7. The maximum absolute atomic E-state index is 5.87. The van der Waals surface area contributed by atoms with Crippen molar-refractivity contribution in [1.82, 2.24) is 15.2 Å². The van der Waals surface area contributed by atoms with Gasteiger partial charge in [-0.05, 0) is 42.0 Å². The van der Waals surface area contributed by atoms with Crippen molar-refractivity contribution < 1.29 is 0 Å². The number of rotatable bonds is 3. The smallest absolute Gasteiger partial charge is 0.181 e. The molecule has 3 aromatic rings. The number of aromatic nitrogens is 3. The zero-order valence-corrected chi connectivity index (χ0v) is 11.4.